The molecule has 1 aliphatic carbocycles. The number of benzene rings is 2. The van der Waals surface area contributed by atoms with Crippen LogP contribution in [0.4, 0.5) is 4.39 Å². The summed E-state index contributed by atoms with van der Waals surface area (Å²) in [6.07, 6.45) is 3.25. The van der Waals surface area contributed by atoms with E-state index in [1.807, 2.05) is 4.90 Å². The molecule has 0 N–H and O–H groups in total. The highest BCUT2D eigenvalue weighted by Crippen LogP contribution is 2.32. The third-order valence-corrected chi connectivity index (χ3v) is 8.13. The Balaban J connectivity index is 1.49. The van der Waals surface area contributed by atoms with Crippen molar-refractivity contribution in [1.29, 1.82) is 0 Å². The van der Waals surface area contributed by atoms with Crippen molar-refractivity contribution in [1.82, 2.24) is 9.21 Å². The fraction of sp³-hybridized carbons (Fsp3) is 0.409. The molecular weight excluding hydrogens is 471 g/mol. The minimum absolute atomic E-state index is 0.00229. The molecule has 2 aliphatic rings. The highest BCUT2D eigenvalue weighted by atomic mass is 79.9. The maximum Gasteiger partial charge on any atom is 0.243 e. The highest BCUT2D eigenvalue weighted by Gasteiger charge is 2.39. The van der Waals surface area contributed by atoms with Crippen LogP contribution in [-0.4, -0.2) is 42.7 Å². The summed E-state index contributed by atoms with van der Waals surface area (Å²) in [5, 5.41) is 0. The van der Waals surface area contributed by atoms with Gasteiger partial charge in [0.25, 0.3) is 0 Å². The number of sulfonamides is 1. The van der Waals surface area contributed by atoms with E-state index in [2.05, 4.69) is 15.9 Å². The molecule has 8 heteroatoms. The van der Waals surface area contributed by atoms with Crippen LogP contribution in [0.3, 0.4) is 0 Å². The Kier molecular flexibility index (Phi) is 6.27. The van der Waals surface area contributed by atoms with Crippen LogP contribution in [0.5, 0.6) is 0 Å². The fourth-order valence-corrected chi connectivity index (χ4v) is 5.70. The van der Waals surface area contributed by atoms with E-state index in [4.69, 9.17) is 0 Å². The number of hydrogen-bond donors (Lipinski definition) is 0. The molecule has 1 saturated carbocycles. The number of piperidine rings is 1. The normalized spacial score (nSPS) is 20.1. The molecule has 2 fully saturated rings. The topological polar surface area (TPSA) is 57.7 Å². The molecule has 1 saturated heterocycles. The Hall–Kier alpha value is -1.77. The Morgan fingerprint density at radius 1 is 1.07 bits per heavy atom. The number of nitrogens with zero attached hydrogens (tertiary/aromatic N) is 2. The predicted octanol–water partition coefficient (Wildman–Crippen LogP) is 4.18. The maximum absolute atomic E-state index is 13.3. The summed E-state index contributed by atoms with van der Waals surface area (Å²) in [7, 11) is -3.64. The Bertz CT molecular complexity index is 1010. The van der Waals surface area contributed by atoms with E-state index in [1.165, 1.54) is 16.4 Å². The first kappa shape index (κ1) is 21.5. The molecule has 2 aromatic carbocycles. The average molecular weight is 495 g/mol. The van der Waals surface area contributed by atoms with Crippen LogP contribution in [0.15, 0.2) is 57.9 Å². The van der Waals surface area contributed by atoms with Crippen LogP contribution >= 0.6 is 15.9 Å². The van der Waals surface area contributed by atoms with Gasteiger partial charge in [0.2, 0.25) is 15.9 Å². The number of halogens is 2. The van der Waals surface area contributed by atoms with E-state index in [1.54, 1.807) is 36.4 Å². The molecule has 1 atom stereocenters. The SMILES string of the molecule is O=C(C1CCCN(S(=O)(=O)c2ccc(Br)cc2)C1)N(Cc1ccc(F)cc1)C1CC1. The van der Waals surface area contributed by atoms with Gasteiger partial charge in [-0.2, -0.15) is 4.31 Å². The molecular formula is C22H24BrFN2O3S. The zero-order chi connectivity index (χ0) is 21.3. The van der Waals surface area contributed by atoms with Crippen molar-refractivity contribution >= 4 is 31.9 Å². The number of amides is 1. The first-order chi connectivity index (χ1) is 14.3. The van der Waals surface area contributed by atoms with Crippen molar-refractivity contribution in [2.45, 2.75) is 43.2 Å². The number of hydrogen-bond acceptors (Lipinski definition) is 3. The van der Waals surface area contributed by atoms with Crippen molar-refractivity contribution in [3.8, 4) is 0 Å². The molecule has 160 valence electrons. The quantitative estimate of drug-likeness (QED) is 0.605. The average Bonchev–Trinajstić information content (AvgIpc) is 3.58. The summed E-state index contributed by atoms with van der Waals surface area (Å²) in [6, 6.07) is 13.0. The van der Waals surface area contributed by atoms with E-state index >= 15 is 0 Å². The largest absolute Gasteiger partial charge is 0.335 e. The maximum atomic E-state index is 13.3. The van der Waals surface area contributed by atoms with Gasteiger partial charge >= 0.3 is 0 Å². The molecule has 1 heterocycles. The van der Waals surface area contributed by atoms with E-state index in [0.717, 1.165) is 22.9 Å². The van der Waals surface area contributed by atoms with Crippen LogP contribution < -0.4 is 0 Å². The van der Waals surface area contributed by atoms with Crippen LogP contribution in [0.2, 0.25) is 0 Å². The van der Waals surface area contributed by atoms with Crippen molar-refractivity contribution < 1.29 is 17.6 Å². The second-order valence-corrected chi connectivity index (χ2v) is 10.8. The van der Waals surface area contributed by atoms with Crippen molar-refractivity contribution in [2.75, 3.05) is 13.1 Å². The summed E-state index contributed by atoms with van der Waals surface area (Å²) in [6.45, 7) is 1.05. The second-order valence-electron chi connectivity index (χ2n) is 7.98. The summed E-state index contributed by atoms with van der Waals surface area (Å²) in [4.78, 5) is 15.4. The van der Waals surface area contributed by atoms with Crippen molar-refractivity contribution in [2.24, 2.45) is 5.92 Å². The molecule has 5 nitrogen and oxygen atoms in total. The van der Waals surface area contributed by atoms with Gasteiger partial charge in [-0.15, -0.1) is 0 Å². The molecule has 1 amide bonds. The Labute approximate surface area is 185 Å². The minimum atomic E-state index is -3.64. The zero-order valence-electron chi connectivity index (χ0n) is 16.5. The highest BCUT2D eigenvalue weighted by molar-refractivity contribution is 9.10. The lowest BCUT2D eigenvalue weighted by Crippen LogP contribution is -2.47. The van der Waals surface area contributed by atoms with Gasteiger partial charge in [-0.1, -0.05) is 28.1 Å². The van der Waals surface area contributed by atoms with Gasteiger partial charge in [-0.05, 0) is 67.6 Å². The number of carbonyl (C=O) groups excluding carboxylic acids is 1. The predicted molar refractivity (Wildman–Crippen MR) is 116 cm³/mol. The summed E-state index contributed by atoms with van der Waals surface area (Å²) in [5.74, 6) is -0.660. The van der Waals surface area contributed by atoms with Gasteiger partial charge in [0.05, 0.1) is 10.8 Å². The van der Waals surface area contributed by atoms with Crippen LogP contribution in [0, 0.1) is 11.7 Å². The van der Waals surface area contributed by atoms with Crippen LogP contribution in [0.25, 0.3) is 0 Å². The second kappa shape index (κ2) is 8.77. The lowest BCUT2D eigenvalue weighted by Gasteiger charge is -2.34. The third-order valence-electron chi connectivity index (χ3n) is 5.72. The van der Waals surface area contributed by atoms with Crippen LogP contribution in [-0.2, 0) is 21.4 Å². The minimum Gasteiger partial charge on any atom is -0.335 e. The molecule has 0 bridgehead atoms. The molecule has 1 unspecified atom stereocenters. The monoisotopic (exact) mass is 494 g/mol. The first-order valence-electron chi connectivity index (χ1n) is 10.2. The van der Waals surface area contributed by atoms with Gasteiger partial charge in [0.1, 0.15) is 5.82 Å². The first-order valence-corrected chi connectivity index (χ1v) is 12.4. The lowest BCUT2D eigenvalue weighted by atomic mass is 9.97. The van der Waals surface area contributed by atoms with E-state index in [-0.39, 0.29) is 35.1 Å². The van der Waals surface area contributed by atoms with Crippen molar-refractivity contribution in [3.63, 3.8) is 0 Å². The summed E-state index contributed by atoms with van der Waals surface area (Å²) >= 11 is 3.32. The molecule has 0 spiro atoms. The lowest BCUT2D eigenvalue weighted by molar-refractivity contribution is -0.138. The van der Waals surface area contributed by atoms with Gasteiger partial charge in [-0.25, -0.2) is 12.8 Å². The molecule has 0 radical (unpaired) electrons. The molecule has 0 aromatic heterocycles. The molecule has 4 rings (SSSR count). The van der Waals surface area contributed by atoms with Gasteiger partial charge < -0.3 is 4.90 Å². The summed E-state index contributed by atoms with van der Waals surface area (Å²) < 4.78 is 41.6. The summed E-state index contributed by atoms with van der Waals surface area (Å²) in [5.41, 5.74) is 0.881. The van der Waals surface area contributed by atoms with Gasteiger partial charge in [0, 0.05) is 30.1 Å². The van der Waals surface area contributed by atoms with Crippen molar-refractivity contribution in [3.05, 3.63) is 64.4 Å². The Morgan fingerprint density at radius 3 is 2.37 bits per heavy atom. The number of rotatable bonds is 6. The smallest absolute Gasteiger partial charge is 0.243 e. The number of carbonyl (C=O) groups is 1. The molecule has 1 aliphatic heterocycles. The van der Waals surface area contributed by atoms with E-state index < -0.39 is 10.0 Å². The fourth-order valence-electron chi connectivity index (χ4n) is 3.91. The standard InChI is InChI=1S/C22H24BrFN2O3S/c23-18-5-11-21(12-6-18)30(28,29)25-13-1-2-17(15-25)22(27)26(20-9-10-20)14-16-3-7-19(24)8-4-16/h3-8,11-12,17,20H,1-2,9-10,13-15H2. The Morgan fingerprint density at radius 2 is 1.73 bits per heavy atom. The third kappa shape index (κ3) is 4.76. The van der Waals surface area contributed by atoms with Gasteiger partial charge in [-0.3, -0.25) is 4.79 Å². The molecule has 2 aromatic rings. The zero-order valence-corrected chi connectivity index (χ0v) is 18.9. The van der Waals surface area contributed by atoms with Crippen LogP contribution in [0.1, 0.15) is 31.2 Å². The molecule has 30 heavy (non-hydrogen) atoms. The van der Waals surface area contributed by atoms with Gasteiger partial charge in [0.15, 0.2) is 0 Å². The van der Waals surface area contributed by atoms with E-state index in [9.17, 15) is 17.6 Å². The van der Waals surface area contributed by atoms with E-state index in [0.29, 0.717) is 25.9 Å².